The van der Waals surface area contributed by atoms with Gasteiger partial charge in [-0.15, -0.1) is 5.10 Å². The second-order valence-electron chi connectivity index (χ2n) is 6.47. The summed E-state index contributed by atoms with van der Waals surface area (Å²) in [6.45, 7) is 4.76. The first-order chi connectivity index (χ1) is 12.1. The fourth-order valence-electron chi connectivity index (χ4n) is 3.05. The van der Waals surface area contributed by atoms with E-state index in [0.29, 0.717) is 12.5 Å². The van der Waals surface area contributed by atoms with Gasteiger partial charge in [-0.05, 0) is 30.7 Å². The van der Waals surface area contributed by atoms with Crippen LogP contribution in [0.4, 0.5) is 0 Å². The molecule has 5 heteroatoms. The van der Waals surface area contributed by atoms with Gasteiger partial charge in [-0.1, -0.05) is 62.4 Å². The zero-order valence-corrected chi connectivity index (χ0v) is 14.9. The maximum absolute atomic E-state index is 13.1. The number of hydrogen-bond donors (Lipinski definition) is 1. The summed E-state index contributed by atoms with van der Waals surface area (Å²) >= 11 is 0. The fourth-order valence-corrected chi connectivity index (χ4v) is 3.05. The molecule has 25 heavy (non-hydrogen) atoms. The molecule has 0 saturated heterocycles. The summed E-state index contributed by atoms with van der Waals surface area (Å²) in [6.07, 6.45) is 0. The van der Waals surface area contributed by atoms with E-state index in [1.165, 1.54) is 4.68 Å². The molecule has 0 saturated carbocycles. The Morgan fingerprint density at radius 1 is 1.00 bits per heavy atom. The molecule has 0 amide bonds. The number of hydrogen-bond acceptors (Lipinski definition) is 3. The third-order valence-corrected chi connectivity index (χ3v) is 4.33. The van der Waals surface area contributed by atoms with Gasteiger partial charge in [0.05, 0.1) is 18.3 Å². The van der Waals surface area contributed by atoms with Gasteiger partial charge in [-0.2, -0.15) is 4.68 Å². The van der Waals surface area contributed by atoms with Crippen LogP contribution < -0.4 is 11.0 Å². The molecule has 0 aliphatic carbocycles. The van der Waals surface area contributed by atoms with Crippen LogP contribution in [-0.2, 0) is 6.54 Å². The molecule has 0 spiro atoms. The van der Waals surface area contributed by atoms with Crippen LogP contribution in [0.15, 0.2) is 65.5 Å². The second-order valence-corrected chi connectivity index (χ2v) is 6.47. The average Bonchev–Trinajstić information content (AvgIpc) is 2.94. The predicted octanol–water partition coefficient (Wildman–Crippen LogP) is 3.00. The molecule has 3 rings (SSSR count). The molecule has 1 heterocycles. The number of nitrogens with one attached hydrogen (secondary N) is 1. The third kappa shape index (κ3) is 3.56. The van der Waals surface area contributed by atoms with Crippen LogP contribution in [0.3, 0.4) is 0 Å². The maximum atomic E-state index is 13.1. The molecule has 3 aromatic rings. The minimum atomic E-state index is -0.119. The lowest BCUT2D eigenvalue weighted by Gasteiger charge is -2.19. The molecule has 1 atom stereocenters. The number of benzene rings is 2. The zero-order chi connectivity index (χ0) is 17.8. The topological polar surface area (TPSA) is 51.9 Å². The van der Waals surface area contributed by atoms with E-state index in [9.17, 15) is 4.79 Å². The highest BCUT2D eigenvalue weighted by Gasteiger charge is 2.24. The summed E-state index contributed by atoms with van der Waals surface area (Å²) in [4.78, 5) is 13.1. The van der Waals surface area contributed by atoms with Gasteiger partial charge < -0.3 is 5.32 Å². The summed E-state index contributed by atoms with van der Waals surface area (Å²) in [5, 5.41) is 7.97. The van der Waals surface area contributed by atoms with E-state index in [1.807, 2.05) is 67.7 Å². The van der Waals surface area contributed by atoms with Crippen molar-refractivity contribution in [2.45, 2.75) is 26.4 Å². The summed E-state index contributed by atoms with van der Waals surface area (Å²) in [7, 11) is 1.91. The molecule has 1 unspecified atom stereocenters. The molecule has 2 aromatic carbocycles. The second kappa shape index (κ2) is 7.49. The van der Waals surface area contributed by atoms with Gasteiger partial charge >= 0.3 is 5.69 Å². The van der Waals surface area contributed by atoms with Gasteiger partial charge in [0.2, 0.25) is 0 Å². The lowest BCUT2D eigenvalue weighted by molar-refractivity contribution is 0.407. The highest BCUT2D eigenvalue weighted by Crippen LogP contribution is 2.20. The Hall–Kier alpha value is -2.66. The van der Waals surface area contributed by atoms with E-state index >= 15 is 0 Å². The van der Waals surface area contributed by atoms with Gasteiger partial charge in [0.25, 0.3) is 0 Å². The Kier molecular flexibility index (Phi) is 5.14. The van der Waals surface area contributed by atoms with Crippen molar-refractivity contribution in [2.24, 2.45) is 5.92 Å². The van der Waals surface area contributed by atoms with Crippen molar-refractivity contribution in [3.8, 4) is 5.69 Å². The van der Waals surface area contributed by atoms with Crippen LogP contribution in [0.25, 0.3) is 5.69 Å². The van der Waals surface area contributed by atoms with Crippen molar-refractivity contribution >= 4 is 0 Å². The Balaban J connectivity index is 2.13. The predicted molar refractivity (Wildman–Crippen MR) is 100 cm³/mol. The first-order valence-electron chi connectivity index (χ1n) is 8.58. The molecule has 0 aliphatic heterocycles. The average molecular weight is 336 g/mol. The number of para-hydroxylation sites is 1. The summed E-state index contributed by atoms with van der Waals surface area (Å²) < 4.78 is 3.26. The molecular formula is C20H24N4O. The van der Waals surface area contributed by atoms with Crippen molar-refractivity contribution in [3.05, 3.63) is 82.5 Å². The summed E-state index contributed by atoms with van der Waals surface area (Å²) in [5.41, 5.74) is 1.74. The van der Waals surface area contributed by atoms with Crippen LogP contribution >= 0.6 is 0 Å². The minimum absolute atomic E-state index is 0.00127. The normalized spacial score (nSPS) is 12.5. The smallest absolute Gasteiger partial charge is 0.310 e. The number of rotatable bonds is 6. The minimum Gasteiger partial charge on any atom is -0.310 e. The van der Waals surface area contributed by atoms with Gasteiger partial charge in [0, 0.05) is 0 Å². The van der Waals surface area contributed by atoms with E-state index in [2.05, 4.69) is 24.3 Å². The van der Waals surface area contributed by atoms with Crippen LogP contribution in [-0.4, -0.2) is 21.4 Å². The Morgan fingerprint density at radius 3 is 2.16 bits per heavy atom. The van der Waals surface area contributed by atoms with E-state index in [1.54, 1.807) is 4.57 Å². The van der Waals surface area contributed by atoms with E-state index in [0.717, 1.165) is 17.1 Å². The molecule has 5 nitrogen and oxygen atoms in total. The van der Waals surface area contributed by atoms with Gasteiger partial charge in [0.15, 0.2) is 5.82 Å². The van der Waals surface area contributed by atoms with Gasteiger partial charge in [-0.3, -0.25) is 4.57 Å². The van der Waals surface area contributed by atoms with Crippen LogP contribution in [0.1, 0.15) is 31.3 Å². The molecule has 0 aliphatic rings. The Labute approximate surface area is 147 Å². The quantitative estimate of drug-likeness (QED) is 0.753. The summed E-state index contributed by atoms with van der Waals surface area (Å²) in [5.74, 6) is 1.07. The summed E-state index contributed by atoms with van der Waals surface area (Å²) in [6, 6.07) is 19.6. The molecular weight excluding hydrogens is 312 g/mol. The van der Waals surface area contributed by atoms with Crippen LogP contribution in [0, 0.1) is 5.92 Å². The zero-order valence-electron chi connectivity index (χ0n) is 14.9. The fraction of sp³-hybridized carbons (Fsp3) is 0.300. The van der Waals surface area contributed by atoms with Gasteiger partial charge in [-0.25, -0.2) is 4.79 Å². The van der Waals surface area contributed by atoms with Crippen molar-refractivity contribution in [3.63, 3.8) is 0 Å². The first-order valence-corrected chi connectivity index (χ1v) is 8.58. The SMILES string of the molecule is CNC(c1nn(-c2ccccc2)c(=O)n1Cc1ccccc1)C(C)C. The van der Waals surface area contributed by atoms with Crippen molar-refractivity contribution in [1.82, 2.24) is 19.7 Å². The van der Waals surface area contributed by atoms with E-state index < -0.39 is 0 Å². The first kappa shape index (κ1) is 17.2. The van der Waals surface area contributed by atoms with Crippen molar-refractivity contribution < 1.29 is 0 Å². The number of aromatic nitrogens is 3. The molecule has 1 N–H and O–H groups in total. The lowest BCUT2D eigenvalue weighted by atomic mass is 10.0. The Morgan fingerprint density at radius 2 is 1.60 bits per heavy atom. The molecule has 130 valence electrons. The molecule has 0 bridgehead atoms. The highest BCUT2D eigenvalue weighted by atomic mass is 16.2. The van der Waals surface area contributed by atoms with E-state index in [-0.39, 0.29) is 11.7 Å². The highest BCUT2D eigenvalue weighted by molar-refractivity contribution is 5.30. The molecule has 0 fully saturated rings. The maximum Gasteiger partial charge on any atom is 0.351 e. The molecule has 1 aromatic heterocycles. The van der Waals surface area contributed by atoms with Crippen molar-refractivity contribution in [1.29, 1.82) is 0 Å². The standard InChI is InChI=1S/C20H24N4O/c1-15(2)18(21-3)19-22-24(17-12-8-5-9-13-17)20(25)23(19)14-16-10-6-4-7-11-16/h4-13,15,18,21H,14H2,1-3H3. The Bertz CT molecular complexity index is 866. The third-order valence-electron chi connectivity index (χ3n) is 4.33. The van der Waals surface area contributed by atoms with Crippen LogP contribution in [0.5, 0.6) is 0 Å². The largest absolute Gasteiger partial charge is 0.351 e. The molecule has 0 radical (unpaired) electrons. The van der Waals surface area contributed by atoms with E-state index in [4.69, 9.17) is 0 Å². The lowest BCUT2D eigenvalue weighted by Crippen LogP contribution is -2.29. The monoisotopic (exact) mass is 336 g/mol. The van der Waals surface area contributed by atoms with Crippen LogP contribution in [0.2, 0.25) is 0 Å². The van der Waals surface area contributed by atoms with Crippen molar-refractivity contribution in [2.75, 3.05) is 7.05 Å². The van der Waals surface area contributed by atoms with Gasteiger partial charge in [0.1, 0.15) is 0 Å². The number of nitrogens with zero attached hydrogens (tertiary/aromatic N) is 3.